The van der Waals surface area contributed by atoms with Gasteiger partial charge in [0.25, 0.3) is 17.7 Å². The van der Waals surface area contributed by atoms with E-state index in [9.17, 15) is 18.4 Å². The fourth-order valence-electron chi connectivity index (χ4n) is 4.82. The lowest BCUT2D eigenvalue weighted by Crippen LogP contribution is -2.40. The molecule has 3 aromatic rings. The van der Waals surface area contributed by atoms with E-state index in [2.05, 4.69) is 10.3 Å². The van der Waals surface area contributed by atoms with Gasteiger partial charge in [-0.25, -0.2) is 13.8 Å². The molecule has 1 saturated carbocycles. The minimum absolute atomic E-state index is 0.0301. The predicted molar refractivity (Wildman–Crippen MR) is 136 cm³/mol. The molecule has 2 aromatic heterocycles. The number of benzene rings is 1. The van der Waals surface area contributed by atoms with Crippen molar-refractivity contribution in [3.05, 3.63) is 64.7 Å². The van der Waals surface area contributed by atoms with E-state index in [1.54, 1.807) is 23.1 Å². The van der Waals surface area contributed by atoms with Gasteiger partial charge in [0.2, 0.25) is 0 Å². The normalized spacial score (nSPS) is 18.7. The van der Waals surface area contributed by atoms with Gasteiger partial charge in [0.05, 0.1) is 10.6 Å². The number of nitrogens with zero attached hydrogens (tertiary/aromatic N) is 3. The van der Waals surface area contributed by atoms with Crippen LogP contribution in [0.25, 0.3) is 10.4 Å². The summed E-state index contributed by atoms with van der Waals surface area (Å²) in [6.07, 6.45) is 2.27. The van der Waals surface area contributed by atoms with Gasteiger partial charge in [0.15, 0.2) is 0 Å². The van der Waals surface area contributed by atoms with E-state index in [0.717, 1.165) is 34.5 Å². The molecular formula is C27H26F2N4O2S. The number of amides is 2. The van der Waals surface area contributed by atoms with Gasteiger partial charge in [-0.05, 0) is 49.1 Å². The van der Waals surface area contributed by atoms with Crippen LogP contribution in [0.3, 0.4) is 0 Å². The lowest BCUT2D eigenvalue weighted by Gasteiger charge is -2.32. The largest absolute Gasteiger partial charge is 0.356 e. The number of hydrogen-bond acceptors (Lipinski definition) is 5. The SMILES string of the molecule is O=C(NC1CC1)c1cc2c(s1)-c1ccccc1N(C(=O)c1cccc(N3CCC(F)(F)CC3)n1)CC2. The van der Waals surface area contributed by atoms with Crippen molar-refractivity contribution in [3.63, 3.8) is 0 Å². The summed E-state index contributed by atoms with van der Waals surface area (Å²) in [5, 5.41) is 3.06. The molecule has 6 nitrogen and oxygen atoms in total. The van der Waals surface area contributed by atoms with E-state index in [0.29, 0.717) is 29.7 Å². The quantitative estimate of drug-likeness (QED) is 0.530. The molecule has 186 valence electrons. The number of carbonyl (C=O) groups is 2. The fraction of sp³-hybridized carbons (Fsp3) is 0.370. The molecule has 2 fully saturated rings. The van der Waals surface area contributed by atoms with Crippen LogP contribution in [0.4, 0.5) is 20.3 Å². The maximum atomic E-state index is 13.7. The minimum Gasteiger partial charge on any atom is -0.356 e. The van der Waals surface area contributed by atoms with Crippen LogP contribution in [0.1, 0.15) is 51.4 Å². The Morgan fingerprint density at radius 3 is 2.58 bits per heavy atom. The van der Waals surface area contributed by atoms with Gasteiger partial charge in [-0.1, -0.05) is 24.3 Å². The van der Waals surface area contributed by atoms with E-state index < -0.39 is 5.92 Å². The molecule has 0 bridgehead atoms. The molecule has 4 heterocycles. The van der Waals surface area contributed by atoms with Crippen molar-refractivity contribution in [2.24, 2.45) is 0 Å². The average molecular weight is 509 g/mol. The Balaban J connectivity index is 1.28. The van der Waals surface area contributed by atoms with Gasteiger partial charge in [-0.3, -0.25) is 9.59 Å². The second kappa shape index (κ2) is 8.96. The molecule has 1 aromatic carbocycles. The number of fused-ring (bicyclic) bond motifs is 3. The standard InChI is InChI=1S/C27H26F2N4O2S/c28-27(29)11-14-32(15-12-27)23-7-3-5-20(31-23)26(35)33-13-10-17-16-22(25(34)30-18-8-9-18)36-24(17)19-4-1-2-6-21(19)33/h1-7,16,18H,8-15H2,(H,30,34). The summed E-state index contributed by atoms with van der Waals surface area (Å²) < 4.78 is 27.2. The van der Waals surface area contributed by atoms with Crippen LogP contribution in [0.2, 0.25) is 0 Å². The van der Waals surface area contributed by atoms with Crippen LogP contribution in [-0.2, 0) is 6.42 Å². The number of aromatic nitrogens is 1. The highest BCUT2D eigenvalue weighted by Crippen LogP contribution is 2.42. The summed E-state index contributed by atoms with van der Waals surface area (Å²) in [4.78, 5) is 36.2. The Bertz CT molecular complexity index is 1330. The number of piperidine rings is 1. The van der Waals surface area contributed by atoms with Gasteiger partial charge in [0, 0.05) is 49.0 Å². The average Bonchev–Trinajstić information content (AvgIpc) is 3.62. The smallest absolute Gasteiger partial charge is 0.276 e. The minimum atomic E-state index is -2.64. The maximum absolute atomic E-state index is 13.7. The number of para-hydroxylation sites is 1. The first kappa shape index (κ1) is 23.1. The third-order valence-electron chi connectivity index (χ3n) is 7.01. The maximum Gasteiger partial charge on any atom is 0.276 e. The molecule has 36 heavy (non-hydrogen) atoms. The van der Waals surface area contributed by atoms with E-state index >= 15 is 0 Å². The van der Waals surface area contributed by atoms with Gasteiger partial charge in [0.1, 0.15) is 11.5 Å². The Labute approximate surface area is 211 Å². The number of anilines is 2. The van der Waals surface area contributed by atoms with Crippen LogP contribution in [-0.4, -0.2) is 48.4 Å². The summed E-state index contributed by atoms with van der Waals surface area (Å²) in [7, 11) is 0. The molecule has 0 atom stereocenters. The highest BCUT2D eigenvalue weighted by Gasteiger charge is 2.35. The molecule has 9 heteroatoms. The Morgan fingerprint density at radius 1 is 1.03 bits per heavy atom. The van der Waals surface area contributed by atoms with Crippen molar-refractivity contribution in [3.8, 4) is 10.4 Å². The molecular weight excluding hydrogens is 482 g/mol. The van der Waals surface area contributed by atoms with Crippen molar-refractivity contribution in [2.45, 2.75) is 44.1 Å². The summed E-state index contributed by atoms with van der Waals surface area (Å²) in [6.45, 7) is 0.868. The molecule has 2 aliphatic heterocycles. The number of hydrogen-bond donors (Lipinski definition) is 1. The molecule has 1 N–H and O–H groups in total. The first-order chi connectivity index (χ1) is 17.4. The highest BCUT2D eigenvalue weighted by atomic mass is 32.1. The third kappa shape index (κ3) is 4.48. The van der Waals surface area contributed by atoms with Gasteiger partial charge >= 0.3 is 0 Å². The zero-order chi connectivity index (χ0) is 24.9. The van der Waals surface area contributed by atoms with Crippen LogP contribution < -0.4 is 15.1 Å². The van der Waals surface area contributed by atoms with Crippen LogP contribution in [0.5, 0.6) is 0 Å². The molecule has 6 rings (SSSR count). The second-order valence-corrected chi connectivity index (χ2v) is 10.7. The first-order valence-electron chi connectivity index (χ1n) is 12.3. The molecule has 2 amide bonds. The number of alkyl halides is 2. The molecule has 1 aliphatic carbocycles. The van der Waals surface area contributed by atoms with E-state index in [-0.39, 0.29) is 43.4 Å². The number of halogens is 2. The number of rotatable bonds is 4. The van der Waals surface area contributed by atoms with Crippen molar-refractivity contribution < 1.29 is 18.4 Å². The lowest BCUT2D eigenvalue weighted by molar-refractivity contribution is -0.0221. The van der Waals surface area contributed by atoms with Crippen molar-refractivity contribution >= 4 is 34.7 Å². The lowest BCUT2D eigenvalue weighted by atomic mass is 10.1. The van der Waals surface area contributed by atoms with Crippen molar-refractivity contribution in [1.82, 2.24) is 10.3 Å². The molecule has 0 radical (unpaired) electrons. The number of pyridine rings is 1. The zero-order valence-corrected chi connectivity index (χ0v) is 20.5. The van der Waals surface area contributed by atoms with Crippen molar-refractivity contribution in [2.75, 3.05) is 29.4 Å². The third-order valence-corrected chi connectivity index (χ3v) is 8.22. The predicted octanol–water partition coefficient (Wildman–Crippen LogP) is 5.14. The topological polar surface area (TPSA) is 65.5 Å². The first-order valence-corrected chi connectivity index (χ1v) is 13.1. The van der Waals surface area contributed by atoms with Crippen molar-refractivity contribution in [1.29, 1.82) is 0 Å². The number of nitrogens with one attached hydrogen (secondary N) is 1. The van der Waals surface area contributed by atoms with Crippen LogP contribution in [0.15, 0.2) is 48.5 Å². The van der Waals surface area contributed by atoms with Gasteiger partial charge in [-0.2, -0.15) is 0 Å². The highest BCUT2D eigenvalue weighted by molar-refractivity contribution is 7.17. The van der Waals surface area contributed by atoms with Crippen LogP contribution >= 0.6 is 11.3 Å². The van der Waals surface area contributed by atoms with Crippen LogP contribution in [0, 0.1) is 0 Å². The molecule has 0 unspecified atom stereocenters. The fourth-order valence-corrected chi connectivity index (χ4v) is 5.97. The number of carbonyl (C=O) groups excluding carboxylic acids is 2. The van der Waals surface area contributed by atoms with Gasteiger partial charge in [-0.15, -0.1) is 11.3 Å². The Morgan fingerprint density at radius 2 is 1.81 bits per heavy atom. The van der Waals surface area contributed by atoms with E-state index in [1.165, 1.54) is 11.3 Å². The summed E-state index contributed by atoms with van der Waals surface area (Å²) >= 11 is 1.47. The Hall–Kier alpha value is -3.33. The summed E-state index contributed by atoms with van der Waals surface area (Å²) in [5.41, 5.74) is 3.04. The summed E-state index contributed by atoms with van der Waals surface area (Å²) in [5.74, 6) is -2.35. The van der Waals surface area contributed by atoms with Gasteiger partial charge < -0.3 is 15.1 Å². The summed E-state index contributed by atoms with van der Waals surface area (Å²) in [6, 6.07) is 15.2. The second-order valence-electron chi connectivity index (χ2n) is 9.66. The molecule has 1 saturated heterocycles. The van der Waals surface area contributed by atoms with E-state index in [1.807, 2.05) is 35.2 Å². The molecule has 0 spiro atoms. The number of thiophene rings is 1. The van der Waals surface area contributed by atoms with E-state index in [4.69, 9.17) is 0 Å². The monoisotopic (exact) mass is 508 g/mol. The zero-order valence-electron chi connectivity index (χ0n) is 19.7. The molecule has 3 aliphatic rings. The Kier molecular flexibility index (Phi) is 5.75.